The summed E-state index contributed by atoms with van der Waals surface area (Å²) in [4.78, 5) is 14.3. The van der Waals surface area contributed by atoms with Crippen LogP contribution < -0.4 is 15.8 Å². The van der Waals surface area contributed by atoms with Gasteiger partial charge in [0.25, 0.3) is 5.56 Å². The van der Waals surface area contributed by atoms with Crippen molar-refractivity contribution in [2.24, 2.45) is 5.92 Å². The second-order valence-electron chi connectivity index (χ2n) is 5.57. The summed E-state index contributed by atoms with van der Waals surface area (Å²) in [5.74, 6) is 0.701. The van der Waals surface area contributed by atoms with Crippen molar-refractivity contribution < 1.29 is 4.74 Å². The fourth-order valence-corrected chi connectivity index (χ4v) is 2.72. The molecule has 1 atom stereocenters. The average molecular weight is 278 g/mol. The molecule has 1 aliphatic carbocycles. The molecule has 6 nitrogen and oxygen atoms in total. The van der Waals surface area contributed by atoms with Crippen LogP contribution in [-0.4, -0.2) is 49.2 Å². The van der Waals surface area contributed by atoms with Gasteiger partial charge in [-0.1, -0.05) is 0 Å². The van der Waals surface area contributed by atoms with E-state index in [1.54, 1.807) is 16.9 Å². The Kier molecular flexibility index (Phi) is 4.03. The number of hydrogen-bond donors (Lipinski definition) is 1. The summed E-state index contributed by atoms with van der Waals surface area (Å²) in [6.45, 7) is 3.74. The number of anilines is 1. The van der Waals surface area contributed by atoms with Crippen LogP contribution in [0.5, 0.6) is 0 Å². The molecule has 0 aromatic carbocycles. The number of ether oxygens (including phenoxy) is 1. The Labute approximate surface area is 118 Å². The molecule has 1 aromatic heterocycles. The predicted octanol–water partition coefficient (Wildman–Crippen LogP) is 0.0779. The van der Waals surface area contributed by atoms with Crippen LogP contribution in [0, 0.1) is 5.92 Å². The van der Waals surface area contributed by atoms with E-state index in [-0.39, 0.29) is 5.56 Å². The number of likely N-dealkylation sites (N-methyl/N-ethyl adjacent to an activating group) is 1. The molecule has 6 heteroatoms. The van der Waals surface area contributed by atoms with Crippen molar-refractivity contribution >= 4 is 5.69 Å². The first-order valence-electron chi connectivity index (χ1n) is 7.35. The van der Waals surface area contributed by atoms with Crippen molar-refractivity contribution in [2.45, 2.75) is 25.4 Å². The molecule has 1 N–H and O–H groups in total. The Morgan fingerprint density at radius 1 is 1.45 bits per heavy atom. The van der Waals surface area contributed by atoms with E-state index >= 15 is 0 Å². The largest absolute Gasteiger partial charge is 0.378 e. The van der Waals surface area contributed by atoms with Crippen molar-refractivity contribution in [3.63, 3.8) is 0 Å². The molecule has 2 aliphatic rings. The van der Waals surface area contributed by atoms with Crippen LogP contribution in [0.4, 0.5) is 5.69 Å². The van der Waals surface area contributed by atoms with Gasteiger partial charge >= 0.3 is 0 Å². The van der Waals surface area contributed by atoms with Gasteiger partial charge in [-0.05, 0) is 25.8 Å². The molecule has 110 valence electrons. The zero-order valence-corrected chi connectivity index (χ0v) is 11.9. The van der Waals surface area contributed by atoms with E-state index in [1.165, 1.54) is 12.8 Å². The lowest BCUT2D eigenvalue weighted by Crippen LogP contribution is -2.39. The quantitative estimate of drug-likeness (QED) is 0.826. The van der Waals surface area contributed by atoms with Crippen molar-refractivity contribution in [3.8, 4) is 0 Å². The molecule has 3 rings (SSSR count). The third-order valence-corrected chi connectivity index (χ3v) is 4.16. The number of rotatable bonds is 5. The van der Waals surface area contributed by atoms with E-state index in [4.69, 9.17) is 4.74 Å². The maximum Gasteiger partial charge on any atom is 0.268 e. The Morgan fingerprint density at radius 3 is 2.80 bits per heavy atom. The minimum absolute atomic E-state index is 0.0186. The lowest BCUT2D eigenvalue weighted by molar-refractivity contribution is 0.122. The summed E-state index contributed by atoms with van der Waals surface area (Å²) in [7, 11) is 1.95. The smallest absolute Gasteiger partial charge is 0.268 e. The molecule has 2 fully saturated rings. The molecular weight excluding hydrogens is 256 g/mol. The fraction of sp³-hybridized carbons (Fsp3) is 0.714. The highest BCUT2D eigenvalue weighted by Crippen LogP contribution is 2.32. The monoisotopic (exact) mass is 278 g/mol. The highest BCUT2D eigenvalue weighted by atomic mass is 16.5. The average Bonchev–Trinajstić information content (AvgIpc) is 3.31. The highest BCUT2D eigenvalue weighted by Gasteiger charge is 2.30. The Hall–Kier alpha value is -1.40. The van der Waals surface area contributed by atoms with Crippen LogP contribution in [0.2, 0.25) is 0 Å². The number of nitrogens with one attached hydrogen (secondary N) is 1. The summed E-state index contributed by atoms with van der Waals surface area (Å²) >= 11 is 0. The third-order valence-electron chi connectivity index (χ3n) is 4.16. The molecule has 1 unspecified atom stereocenters. The van der Waals surface area contributed by atoms with Crippen LogP contribution in [0.1, 0.15) is 12.8 Å². The molecule has 1 saturated heterocycles. The first-order valence-corrected chi connectivity index (χ1v) is 7.35. The molecule has 20 heavy (non-hydrogen) atoms. The van der Waals surface area contributed by atoms with E-state index < -0.39 is 0 Å². The maximum absolute atomic E-state index is 12.2. The molecule has 1 saturated carbocycles. The minimum Gasteiger partial charge on any atom is -0.378 e. The van der Waals surface area contributed by atoms with Gasteiger partial charge in [-0.15, -0.1) is 0 Å². The summed E-state index contributed by atoms with van der Waals surface area (Å²) in [6.07, 6.45) is 4.31. The second kappa shape index (κ2) is 5.93. The maximum atomic E-state index is 12.2. The number of morpholine rings is 1. The van der Waals surface area contributed by atoms with Gasteiger partial charge in [0.15, 0.2) is 0 Å². The zero-order valence-electron chi connectivity index (χ0n) is 11.9. The molecule has 1 aliphatic heterocycles. The Bertz CT molecular complexity index is 506. The van der Waals surface area contributed by atoms with E-state index in [2.05, 4.69) is 15.3 Å². The second-order valence-corrected chi connectivity index (χ2v) is 5.57. The van der Waals surface area contributed by atoms with Gasteiger partial charge in [-0.2, -0.15) is 5.10 Å². The first-order chi connectivity index (χ1) is 9.78. The first kappa shape index (κ1) is 13.6. The highest BCUT2D eigenvalue weighted by molar-refractivity contribution is 5.43. The number of aromatic nitrogens is 2. The van der Waals surface area contributed by atoms with Crippen LogP contribution in [0.15, 0.2) is 17.1 Å². The molecule has 0 radical (unpaired) electrons. The van der Waals surface area contributed by atoms with Crippen molar-refractivity contribution in [3.05, 3.63) is 22.6 Å². The van der Waals surface area contributed by atoms with Gasteiger partial charge < -0.3 is 15.0 Å². The van der Waals surface area contributed by atoms with Crippen molar-refractivity contribution in [2.75, 3.05) is 38.3 Å². The van der Waals surface area contributed by atoms with Crippen LogP contribution in [0.3, 0.4) is 0 Å². The van der Waals surface area contributed by atoms with E-state index in [0.29, 0.717) is 31.7 Å². The van der Waals surface area contributed by atoms with Crippen LogP contribution >= 0.6 is 0 Å². The summed E-state index contributed by atoms with van der Waals surface area (Å²) in [5, 5.41) is 7.62. The SMILES string of the molecule is CNC(Cn1ncc(N2CCOCC2)cc1=O)C1CC1. The van der Waals surface area contributed by atoms with Crippen molar-refractivity contribution in [1.82, 2.24) is 15.1 Å². The molecule has 0 spiro atoms. The fourth-order valence-electron chi connectivity index (χ4n) is 2.72. The normalized spacial score (nSPS) is 20.9. The minimum atomic E-state index is -0.0186. The van der Waals surface area contributed by atoms with Gasteiger partial charge in [-0.25, -0.2) is 4.68 Å². The Balaban J connectivity index is 1.71. The molecule has 0 bridgehead atoms. The van der Waals surface area contributed by atoms with Crippen LogP contribution in [-0.2, 0) is 11.3 Å². The Morgan fingerprint density at radius 2 is 2.20 bits per heavy atom. The van der Waals surface area contributed by atoms with E-state index in [0.717, 1.165) is 18.8 Å². The standard InChI is InChI=1S/C14H22N4O2/c1-15-13(11-2-3-11)10-18-14(19)8-12(9-16-18)17-4-6-20-7-5-17/h8-9,11,13,15H,2-7,10H2,1H3. The van der Waals surface area contributed by atoms with Crippen LogP contribution in [0.25, 0.3) is 0 Å². The number of nitrogens with zero attached hydrogens (tertiary/aromatic N) is 3. The predicted molar refractivity (Wildman–Crippen MR) is 77.1 cm³/mol. The zero-order chi connectivity index (χ0) is 13.9. The van der Waals surface area contributed by atoms with E-state index in [1.807, 2.05) is 7.05 Å². The topological polar surface area (TPSA) is 59.4 Å². The summed E-state index contributed by atoms with van der Waals surface area (Å²) in [6, 6.07) is 2.05. The summed E-state index contributed by atoms with van der Waals surface area (Å²) < 4.78 is 6.89. The van der Waals surface area contributed by atoms with Gasteiger partial charge in [0.05, 0.1) is 31.6 Å². The molecular formula is C14H22N4O2. The molecule has 0 amide bonds. The molecule has 2 heterocycles. The third kappa shape index (κ3) is 3.02. The lowest BCUT2D eigenvalue weighted by atomic mass is 10.2. The van der Waals surface area contributed by atoms with Gasteiger partial charge in [0.2, 0.25) is 0 Å². The van der Waals surface area contributed by atoms with Crippen molar-refractivity contribution in [1.29, 1.82) is 0 Å². The molecule has 1 aromatic rings. The number of hydrogen-bond acceptors (Lipinski definition) is 5. The lowest BCUT2D eigenvalue weighted by Gasteiger charge is -2.28. The van der Waals surface area contributed by atoms with Gasteiger partial charge in [-0.3, -0.25) is 4.79 Å². The van der Waals surface area contributed by atoms with Gasteiger partial charge in [0.1, 0.15) is 0 Å². The van der Waals surface area contributed by atoms with E-state index in [9.17, 15) is 4.79 Å². The summed E-state index contributed by atoms with van der Waals surface area (Å²) in [5.41, 5.74) is 0.886. The van der Waals surface area contributed by atoms with Gasteiger partial charge in [0, 0.05) is 25.2 Å².